The first kappa shape index (κ1) is 19.0. The van der Waals surface area contributed by atoms with Crippen LogP contribution in [-0.2, 0) is 6.42 Å². The van der Waals surface area contributed by atoms with Crippen molar-refractivity contribution in [3.05, 3.63) is 71.0 Å². The Labute approximate surface area is 158 Å². The molecule has 0 aromatic heterocycles. The quantitative estimate of drug-likeness (QED) is 0.655. The molecule has 2 aromatic rings. The smallest absolute Gasteiger partial charge is 0.251 e. The van der Waals surface area contributed by atoms with Crippen LogP contribution in [-0.4, -0.2) is 38.0 Å². The molecule has 3 rings (SSSR count). The Kier molecular flexibility index (Phi) is 6.54. The Morgan fingerprint density at radius 2 is 1.48 bits per heavy atom. The number of carbonyl (C=O) groups is 2. The van der Waals surface area contributed by atoms with E-state index >= 15 is 0 Å². The van der Waals surface area contributed by atoms with Gasteiger partial charge in [-0.15, -0.1) is 0 Å². The van der Waals surface area contributed by atoms with Gasteiger partial charge >= 0.3 is 0 Å². The van der Waals surface area contributed by atoms with Crippen molar-refractivity contribution in [3.8, 4) is 0 Å². The highest BCUT2D eigenvalue weighted by Crippen LogP contribution is 2.15. The van der Waals surface area contributed by atoms with Crippen LogP contribution in [0, 0.1) is 11.7 Å². The fourth-order valence-electron chi connectivity index (χ4n) is 3.17. The molecule has 1 aliphatic heterocycles. The Morgan fingerprint density at radius 3 is 2.00 bits per heavy atom. The lowest BCUT2D eigenvalue weighted by atomic mass is 9.98. The van der Waals surface area contributed by atoms with E-state index in [4.69, 9.17) is 0 Å². The molecule has 1 aliphatic rings. The van der Waals surface area contributed by atoms with E-state index in [0.29, 0.717) is 30.1 Å². The summed E-state index contributed by atoms with van der Waals surface area (Å²) in [6.45, 7) is 2.77. The van der Waals surface area contributed by atoms with Crippen molar-refractivity contribution >= 4 is 11.8 Å². The van der Waals surface area contributed by atoms with Gasteiger partial charge in [0.1, 0.15) is 5.82 Å². The van der Waals surface area contributed by atoms with Gasteiger partial charge in [0.15, 0.2) is 0 Å². The average molecular weight is 369 g/mol. The van der Waals surface area contributed by atoms with Crippen LogP contribution in [0.25, 0.3) is 0 Å². The summed E-state index contributed by atoms with van der Waals surface area (Å²) in [6, 6.07) is 13.0. The fourth-order valence-corrected chi connectivity index (χ4v) is 3.17. The Balaban J connectivity index is 1.39. The molecule has 0 radical (unpaired) electrons. The van der Waals surface area contributed by atoms with Gasteiger partial charge in [-0.2, -0.15) is 0 Å². The molecule has 1 unspecified atom stereocenters. The second-order valence-electron chi connectivity index (χ2n) is 6.78. The topological polar surface area (TPSA) is 70.2 Å². The second kappa shape index (κ2) is 9.28. The largest absolute Gasteiger partial charge is 0.350 e. The van der Waals surface area contributed by atoms with Crippen LogP contribution >= 0.6 is 0 Å². The summed E-state index contributed by atoms with van der Waals surface area (Å²) < 4.78 is 12.9. The molecular weight excluding hydrogens is 345 g/mol. The Hall–Kier alpha value is -2.73. The van der Waals surface area contributed by atoms with E-state index < -0.39 is 0 Å². The molecule has 5 nitrogen and oxygen atoms in total. The van der Waals surface area contributed by atoms with Crippen molar-refractivity contribution in [3.63, 3.8) is 0 Å². The van der Waals surface area contributed by atoms with E-state index in [9.17, 15) is 14.0 Å². The molecule has 2 aromatic carbocycles. The van der Waals surface area contributed by atoms with E-state index in [0.717, 1.165) is 19.5 Å². The molecule has 0 saturated carbocycles. The average Bonchev–Trinajstić information content (AvgIpc) is 3.19. The van der Waals surface area contributed by atoms with Crippen LogP contribution in [0.5, 0.6) is 0 Å². The van der Waals surface area contributed by atoms with Gasteiger partial charge in [-0.1, -0.05) is 12.1 Å². The summed E-state index contributed by atoms with van der Waals surface area (Å²) >= 11 is 0. The minimum Gasteiger partial charge on any atom is -0.350 e. The number of nitrogens with one attached hydrogen (secondary N) is 3. The van der Waals surface area contributed by atoms with Gasteiger partial charge in [0, 0.05) is 24.2 Å². The molecule has 3 N–H and O–H groups in total. The first-order valence-electron chi connectivity index (χ1n) is 9.23. The molecule has 1 atom stereocenters. The van der Waals surface area contributed by atoms with Crippen molar-refractivity contribution in [2.24, 2.45) is 5.92 Å². The predicted octanol–water partition coefficient (Wildman–Crippen LogP) is 2.14. The molecule has 1 fully saturated rings. The minimum atomic E-state index is -0.384. The van der Waals surface area contributed by atoms with Crippen molar-refractivity contribution in [1.29, 1.82) is 0 Å². The van der Waals surface area contributed by atoms with E-state index in [-0.39, 0.29) is 17.6 Å². The lowest BCUT2D eigenvalue weighted by Gasteiger charge is -2.10. The summed E-state index contributed by atoms with van der Waals surface area (Å²) in [4.78, 5) is 24.1. The molecule has 0 spiro atoms. The van der Waals surface area contributed by atoms with Crippen molar-refractivity contribution in [2.45, 2.75) is 12.8 Å². The monoisotopic (exact) mass is 369 g/mol. The van der Waals surface area contributed by atoms with Gasteiger partial charge in [0.05, 0.1) is 0 Å². The molecular formula is C21H24FN3O2. The lowest BCUT2D eigenvalue weighted by Crippen LogP contribution is -2.34. The maximum Gasteiger partial charge on any atom is 0.251 e. The standard InChI is InChI=1S/C21H24FN3O2/c22-19-7-5-18(6-8-19)21(27)25-12-11-24-20(26)17-3-1-15(2-4-17)13-16-9-10-23-14-16/h1-8,16,23H,9-14H2,(H,24,26)(H,25,27). The van der Waals surface area contributed by atoms with Crippen LogP contribution in [0.1, 0.15) is 32.7 Å². The Bertz CT molecular complexity index is 769. The summed E-state index contributed by atoms with van der Waals surface area (Å²) in [7, 11) is 0. The summed E-state index contributed by atoms with van der Waals surface area (Å²) in [5, 5.41) is 8.84. The lowest BCUT2D eigenvalue weighted by molar-refractivity contribution is 0.0927. The van der Waals surface area contributed by atoms with E-state index in [1.807, 2.05) is 24.3 Å². The van der Waals surface area contributed by atoms with Crippen LogP contribution < -0.4 is 16.0 Å². The number of carbonyl (C=O) groups excluding carboxylic acids is 2. The number of hydrogen-bond acceptors (Lipinski definition) is 3. The van der Waals surface area contributed by atoms with Gasteiger partial charge in [0.2, 0.25) is 0 Å². The normalized spacial score (nSPS) is 16.1. The van der Waals surface area contributed by atoms with Crippen LogP contribution in [0.4, 0.5) is 4.39 Å². The summed E-state index contributed by atoms with van der Waals surface area (Å²) in [5.41, 5.74) is 2.23. The zero-order chi connectivity index (χ0) is 19.1. The van der Waals surface area contributed by atoms with Crippen molar-refractivity contribution in [1.82, 2.24) is 16.0 Å². The summed E-state index contributed by atoms with van der Waals surface area (Å²) in [6.07, 6.45) is 2.23. The third-order valence-corrected chi connectivity index (χ3v) is 4.71. The molecule has 142 valence electrons. The van der Waals surface area contributed by atoms with E-state index in [1.165, 1.54) is 36.2 Å². The minimum absolute atomic E-state index is 0.167. The molecule has 1 saturated heterocycles. The zero-order valence-corrected chi connectivity index (χ0v) is 15.1. The van der Waals surface area contributed by atoms with Gasteiger partial charge in [0.25, 0.3) is 11.8 Å². The van der Waals surface area contributed by atoms with Gasteiger partial charge < -0.3 is 16.0 Å². The van der Waals surface area contributed by atoms with Gasteiger partial charge in [-0.25, -0.2) is 4.39 Å². The summed E-state index contributed by atoms with van der Waals surface area (Å²) in [5.74, 6) is -0.172. The maximum absolute atomic E-state index is 12.9. The number of hydrogen-bond donors (Lipinski definition) is 3. The Morgan fingerprint density at radius 1 is 0.926 bits per heavy atom. The van der Waals surface area contributed by atoms with Crippen molar-refractivity contribution < 1.29 is 14.0 Å². The van der Waals surface area contributed by atoms with Gasteiger partial charge in [-0.3, -0.25) is 9.59 Å². The first-order valence-corrected chi connectivity index (χ1v) is 9.23. The molecule has 6 heteroatoms. The van der Waals surface area contributed by atoms with E-state index in [1.54, 1.807) is 0 Å². The second-order valence-corrected chi connectivity index (χ2v) is 6.78. The number of amides is 2. The first-order chi connectivity index (χ1) is 13.1. The fraction of sp³-hybridized carbons (Fsp3) is 0.333. The number of benzene rings is 2. The number of rotatable bonds is 7. The predicted molar refractivity (Wildman–Crippen MR) is 102 cm³/mol. The highest BCUT2D eigenvalue weighted by molar-refractivity contribution is 5.95. The van der Waals surface area contributed by atoms with Gasteiger partial charge in [-0.05, 0) is 73.8 Å². The molecule has 0 bridgehead atoms. The third kappa shape index (κ3) is 5.62. The van der Waals surface area contributed by atoms with Crippen molar-refractivity contribution in [2.75, 3.05) is 26.2 Å². The van der Waals surface area contributed by atoms with E-state index in [2.05, 4.69) is 16.0 Å². The molecule has 2 amide bonds. The highest BCUT2D eigenvalue weighted by atomic mass is 19.1. The third-order valence-electron chi connectivity index (χ3n) is 4.71. The highest BCUT2D eigenvalue weighted by Gasteiger charge is 2.15. The number of halogens is 1. The van der Waals surface area contributed by atoms with Crippen LogP contribution in [0.2, 0.25) is 0 Å². The maximum atomic E-state index is 12.9. The van der Waals surface area contributed by atoms with Crippen LogP contribution in [0.3, 0.4) is 0 Å². The zero-order valence-electron chi connectivity index (χ0n) is 15.1. The SMILES string of the molecule is O=C(NCCNC(=O)c1ccc(CC2CCNC2)cc1)c1ccc(F)cc1. The molecule has 1 heterocycles. The van der Waals surface area contributed by atoms with Crippen LogP contribution in [0.15, 0.2) is 48.5 Å². The molecule has 27 heavy (non-hydrogen) atoms. The molecule has 0 aliphatic carbocycles.